The van der Waals surface area contributed by atoms with Crippen LogP contribution < -0.4 is 11.3 Å². The van der Waals surface area contributed by atoms with E-state index in [0.29, 0.717) is 16.0 Å². The highest BCUT2D eigenvalue weighted by Gasteiger charge is 2.10. The van der Waals surface area contributed by atoms with Crippen LogP contribution in [0.5, 0.6) is 0 Å². The zero-order valence-corrected chi connectivity index (χ0v) is 11.0. The second kappa shape index (κ2) is 4.28. The number of hydrogen-bond donors (Lipinski definition) is 1. The summed E-state index contributed by atoms with van der Waals surface area (Å²) in [6, 6.07) is 0. The lowest BCUT2D eigenvalue weighted by molar-refractivity contribution is 0.624. The lowest BCUT2D eigenvalue weighted by atomic mass is 10.2. The SMILES string of the molecule is Cc1c(N)cn(Cc2nnn(C)n2)c(=O)c1Br. The maximum Gasteiger partial charge on any atom is 0.265 e. The van der Waals surface area contributed by atoms with Crippen LogP contribution in [0.4, 0.5) is 5.69 Å². The van der Waals surface area contributed by atoms with Crippen molar-refractivity contribution in [1.82, 2.24) is 24.8 Å². The fourth-order valence-corrected chi connectivity index (χ4v) is 1.85. The summed E-state index contributed by atoms with van der Waals surface area (Å²) in [7, 11) is 1.67. The van der Waals surface area contributed by atoms with Crippen molar-refractivity contribution < 1.29 is 0 Å². The lowest BCUT2D eigenvalue weighted by Gasteiger charge is -2.08. The molecule has 0 spiro atoms. The van der Waals surface area contributed by atoms with Crippen molar-refractivity contribution >= 4 is 21.6 Å². The normalized spacial score (nSPS) is 10.8. The molecule has 0 bridgehead atoms. The van der Waals surface area contributed by atoms with Crippen molar-refractivity contribution in [2.24, 2.45) is 7.05 Å². The van der Waals surface area contributed by atoms with Crippen LogP contribution in [0.2, 0.25) is 0 Å². The van der Waals surface area contributed by atoms with E-state index in [1.54, 1.807) is 20.2 Å². The highest BCUT2D eigenvalue weighted by atomic mass is 79.9. The Kier molecular flexibility index (Phi) is 2.97. The van der Waals surface area contributed by atoms with E-state index in [9.17, 15) is 4.79 Å². The van der Waals surface area contributed by atoms with Gasteiger partial charge in [-0.1, -0.05) is 0 Å². The van der Waals surface area contributed by atoms with E-state index in [4.69, 9.17) is 5.73 Å². The van der Waals surface area contributed by atoms with Crippen LogP contribution in [0.15, 0.2) is 15.5 Å². The third kappa shape index (κ3) is 2.21. The number of hydrogen-bond acceptors (Lipinski definition) is 5. The van der Waals surface area contributed by atoms with Crippen molar-refractivity contribution in [3.8, 4) is 0 Å². The molecule has 7 nitrogen and oxygen atoms in total. The summed E-state index contributed by atoms with van der Waals surface area (Å²) in [6.45, 7) is 2.03. The Morgan fingerprint density at radius 1 is 1.53 bits per heavy atom. The Hall–Kier alpha value is -1.70. The van der Waals surface area contributed by atoms with E-state index >= 15 is 0 Å². The van der Waals surface area contributed by atoms with E-state index in [2.05, 4.69) is 31.3 Å². The Labute approximate surface area is 105 Å². The molecule has 90 valence electrons. The van der Waals surface area contributed by atoms with Crippen LogP contribution in [0.25, 0.3) is 0 Å². The van der Waals surface area contributed by atoms with E-state index in [-0.39, 0.29) is 12.1 Å². The second-order valence-corrected chi connectivity index (χ2v) is 4.44. The number of tetrazole rings is 1. The first-order valence-corrected chi connectivity index (χ1v) is 5.66. The van der Waals surface area contributed by atoms with Gasteiger partial charge in [0.1, 0.15) is 0 Å². The minimum Gasteiger partial charge on any atom is -0.397 e. The maximum atomic E-state index is 11.9. The molecule has 0 atom stereocenters. The summed E-state index contributed by atoms with van der Waals surface area (Å²) in [5.74, 6) is 0.463. The van der Waals surface area contributed by atoms with Crippen molar-refractivity contribution in [1.29, 1.82) is 0 Å². The minimum atomic E-state index is -0.163. The molecule has 0 aliphatic carbocycles. The number of anilines is 1. The van der Waals surface area contributed by atoms with Crippen molar-refractivity contribution in [2.75, 3.05) is 5.73 Å². The molecular weight excluding hydrogens is 288 g/mol. The van der Waals surface area contributed by atoms with Gasteiger partial charge in [0.2, 0.25) is 0 Å². The zero-order valence-electron chi connectivity index (χ0n) is 9.38. The maximum absolute atomic E-state index is 11.9. The summed E-state index contributed by atoms with van der Waals surface area (Å²) in [5, 5.41) is 11.5. The van der Waals surface area contributed by atoms with Gasteiger partial charge >= 0.3 is 0 Å². The topological polar surface area (TPSA) is 91.6 Å². The van der Waals surface area contributed by atoms with Gasteiger partial charge in [-0.25, -0.2) is 0 Å². The molecule has 0 saturated heterocycles. The molecular formula is C9H11BrN6O. The third-order valence-corrected chi connectivity index (χ3v) is 3.30. The third-order valence-electron chi connectivity index (χ3n) is 2.37. The fourth-order valence-electron chi connectivity index (χ4n) is 1.39. The molecule has 8 heteroatoms. The highest BCUT2D eigenvalue weighted by molar-refractivity contribution is 9.10. The van der Waals surface area contributed by atoms with Crippen LogP contribution in [0.1, 0.15) is 11.4 Å². The number of rotatable bonds is 2. The first-order chi connectivity index (χ1) is 7.99. The van der Waals surface area contributed by atoms with Crippen molar-refractivity contribution in [3.05, 3.63) is 32.4 Å². The molecule has 0 aromatic carbocycles. The Morgan fingerprint density at radius 3 is 2.82 bits per heavy atom. The van der Waals surface area contributed by atoms with E-state index in [1.165, 1.54) is 9.36 Å². The monoisotopic (exact) mass is 298 g/mol. The molecule has 17 heavy (non-hydrogen) atoms. The number of aryl methyl sites for hydroxylation is 1. The number of nitrogen functional groups attached to an aromatic ring is 1. The summed E-state index contributed by atoms with van der Waals surface area (Å²) in [6.07, 6.45) is 1.58. The van der Waals surface area contributed by atoms with Gasteiger partial charge in [-0.2, -0.15) is 4.80 Å². The molecule has 0 radical (unpaired) electrons. The van der Waals surface area contributed by atoms with Crippen LogP contribution in [0, 0.1) is 6.92 Å². The summed E-state index contributed by atoms with van der Waals surface area (Å²) >= 11 is 3.22. The number of aromatic nitrogens is 5. The first kappa shape index (κ1) is 11.8. The number of halogens is 1. The zero-order chi connectivity index (χ0) is 12.6. The highest BCUT2D eigenvalue weighted by Crippen LogP contribution is 2.17. The van der Waals surface area contributed by atoms with Crippen molar-refractivity contribution in [2.45, 2.75) is 13.5 Å². The quantitative estimate of drug-likeness (QED) is 0.847. The molecule has 0 saturated carbocycles. The predicted octanol–water partition coefficient (Wildman–Crippen LogP) is 0.0732. The molecule has 2 heterocycles. The Bertz CT molecular complexity index is 616. The molecule has 0 aliphatic rings. The van der Waals surface area contributed by atoms with Crippen molar-refractivity contribution in [3.63, 3.8) is 0 Å². The molecule has 0 aliphatic heterocycles. The van der Waals surface area contributed by atoms with E-state index in [1.807, 2.05) is 0 Å². The first-order valence-electron chi connectivity index (χ1n) is 4.87. The number of nitrogens with zero attached hydrogens (tertiary/aromatic N) is 5. The largest absolute Gasteiger partial charge is 0.397 e. The molecule has 0 amide bonds. The van der Waals surface area contributed by atoms with Gasteiger partial charge in [0, 0.05) is 6.20 Å². The number of pyridine rings is 1. The van der Waals surface area contributed by atoms with Crippen LogP contribution in [-0.4, -0.2) is 24.8 Å². The van der Waals surface area contributed by atoms with Gasteiger partial charge in [-0.3, -0.25) is 4.79 Å². The van der Waals surface area contributed by atoms with Gasteiger partial charge in [0.25, 0.3) is 5.56 Å². The molecule has 0 fully saturated rings. The molecule has 2 rings (SSSR count). The molecule has 2 aromatic rings. The molecule has 0 unspecified atom stereocenters. The second-order valence-electron chi connectivity index (χ2n) is 3.65. The van der Waals surface area contributed by atoms with Gasteiger partial charge in [0.05, 0.1) is 23.8 Å². The van der Waals surface area contributed by atoms with Gasteiger partial charge in [0.15, 0.2) is 5.82 Å². The average molecular weight is 299 g/mol. The predicted molar refractivity (Wildman–Crippen MR) is 65.5 cm³/mol. The summed E-state index contributed by atoms with van der Waals surface area (Å²) in [5.41, 5.74) is 6.91. The Morgan fingerprint density at radius 2 is 2.24 bits per heavy atom. The van der Waals surface area contributed by atoms with Gasteiger partial charge in [-0.15, -0.1) is 10.2 Å². The average Bonchev–Trinajstić information content (AvgIpc) is 2.69. The minimum absolute atomic E-state index is 0.163. The molecule has 2 aromatic heterocycles. The lowest BCUT2D eigenvalue weighted by Crippen LogP contribution is -2.23. The standard InChI is InChI=1S/C9H11BrN6O/c1-5-6(11)3-16(9(17)8(5)10)4-7-12-14-15(2)13-7/h3H,4,11H2,1-2H3. The van der Waals surface area contributed by atoms with Gasteiger partial charge in [-0.05, 0) is 33.6 Å². The fraction of sp³-hybridized carbons (Fsp3) is 0.333. The van der Waals surface area contributed by atoms with Crippen LogP contribution >= 0.6 is 15.9 Å². The Balaban J connectivity index is 2.43. The smallest absolute Gasteiger partial charge is 0.265 e. The van der Waals surface area contributed by atoms with E-state index in [0.717, 1.165) is 5.56 Å². The molecule has 2 N–H and O–H groups in total. The van der Waals surface area contributed by atoms with Gasteiger partial charge < -0.3 is 10.3 Å². The van der Waals surface area contributed by atoms with Crippen LogP contribution in [-0.2, 0) is 13.6 Å². The van der Waals surface area contributed by atoms with Crippen LogP contribution in [0.3, 0.4) is 0 Å². The summed E-state index contributed by atoms with van der Waals surface area (Å²) in [4.78, 5) is 13.3. The summed E-state index contributed by atoms with van der Waals surface area (Å²) < 4.78 is 1.91. The number of nitrogens with two attached hydrogens (primary N) is 1. The van der Waals surface area contributed by atoms with E-state index < -0.39 is 0 Å².